The molecule has 1 aromatic heterocycles. The van der Waals surface area contributed by atoms with Crippen molar-refractivity contribution in [2.24, 2.45) is 5.92 Å². The van der Waals surface area contributed by atoms with Crippen LogP contribution >= 0.6 is 23.7 Å². The third-order valence-electron chi connectivity index (χ3n) is 5.43. The van der Waals surface area contributed by atoms with Crippen molar-refractivity contribution in [2.75, 3.05) is 10.6 Å². The number of carbonyl (C=O) groups excluding carboxylic acids is 2. The first-order chi connectivity index (χ1) is 13.2. The van der Waals surface area contributed by atoms with E-state index in [1.807, 2.05) is 41.8 Å². The van der Waals surface area contributed by atoms with Gasteiger partial charge >= 0.3 is 0 Å². The zero-order chi connectivity index (χ0) is 18.6. The fourth-order valence-electron chi connectivity index (χ4n) is 4.27. The number of carbonyl (C=O) groups is 2. The molecule has 0 radical (unpaired) electrons. The first-order valence-corrected chi connectivity index (χ1v) is 10.5. The maximum atomic E-state index is 12.6. The number of anilines is 2. The molecule has 2 aromatic rings. The van der Waals surface area contributed by atoms with Crippen LogP contribution in [0.4, 0.5) is 11.4 Å². The van der Waals surface area contributed by atoms with Crippen LogP contribution in [0.1, 0.15) is 37.0 Å². The van der Waals surface area contributed by atoms with Gasteiger partial charge in [-0.1, -0.05) is 18.2 Å². The van der Waals surface area contributed by atoms with Gasteiger partial charge in [-0.2, -0.15) is 0 Å². The fraction of sp³-hybridized carbons (Fsp3) is 0.429. The van der Waals surface area contributed by atoms with E-state index in [9.17, 15) is 9.59 Å². The van der Waals surface area contributed by atoms with Crippen molar-refractivity contribution >= 4 is 46.9 Å². The van der Waals surface area contributed by atoms with Crippen molar-refractivity contribution in [3.8, 4) is 0 Å². The van der Waals surface area contributed by atoms with E-state index in [0.717, 1.165) is 17.7 Å². The van der Waals surface area contributed by atoms with Crippen LogP contribution in [0.5, 0.6) is 0 Å². The molecule has 2 aliphatic heterocycles. The Hall–Kier alpha value is -1.89. The smallest absolute Gasteiger partial charge is 0.229 e. The highest BCUT2D eigenvalue weighted by molar-refractivity contribution is 7.10. The van der Waals surface area contributed by atoms with E-state index in [0.29, 0.717) is 42.2 Å². The molecule has 2 bridgehead atoms. The van der Waals surface area contributed by atoms with Crippen molar-refractivity contribution in [3.05, 3.63) is 46.7 Å². The van der Waals surface area contributed by atoms with E-state index in [2.05, 4.69) is 16.0 Å². The van der Waals surface area contributed by atoms with Crippen molar-refractivity contribution in [3.63, 3.8) is 0 Å². The summed E-state index contributed by atoms with van der Waals surface area (Å²) >= 11 is 1.57. The van der Waals surface area contributed by atoms with Gasteiger partial charge in [-0.25, -0.2) is 0 Å². The first-order valence-electron chi connectivity index (χ1n) is 9.63. The lowest BCUT2D eigenvalue weighted by Crippen LogP contribution is -2.39. The predicted octanol–water partition coefficient (Wildman–Crippen LogP) is 4.21. The number of benzene rings is 1. The maximum Gasteiger partial charge on any atom is 0.229 e. The van der Waals surface area contributed by atoms with Crippen molar-refractivity contribution < 1.29 is 9.59 Å². The summed E-state index contributed by atoms with van der Waals surface area (Å²) in [7, 11) is 0. The summed E-state index contributed by atoms with van der Waals surface area (Å²) in [6.45, 7) is 0. The van der Waals surface area contributed by atoms with Crippen LogP contribution in [0, 0.1) is 5.92 Å². The molecule has 0 spiro atoms. The van der Waals surface area contributed by atoms with Gasteiger partial charge in [0.25, 0.3) is 0 Å². The van der Waals surface area contributed by atoms with E-state index in [1.165, 1.54) is 12.8 Å². The van der Waals surface area contributed by atoms with Gasteiger partial charge in [0.15, 0.2) is 0 Å². The van der Waals surface area contributed by atoms with Gasteiger partial charge < -0.3 is 16.0 Å². The van der Waals surface area contributed by atoms with Crippen molar-refractivity contribution in [1.82, 2.24) is 5.32 Å². The molecule has 3 heterocycles. The zero-order valence-corrected chi connectivity index (χ0v) is 17.3. The van der Waals surface area contributed by atoms with Crippen LogP contribution < -0.4 is 16.0 Å². The molecule has 5 nitrogen and oxygen atoms in total. The van der Waals surface area contributed by atoms with Crippen molar-refractivity contribution in [2.45, 2.75) is 50.6 Å². The SMILES string of the molecule is Cl.O=C(Cc1cccs1)Nc1ccccc1NC(=O)CC1CC2CCC(C1)N2. The number of thiophene rings is 1. The van der Waals surface area contributed by atoms with Gasteiger partial charge in [0, 0.05) is 23.4 Å². The van der Waals surface area contributed by atoms with Gasteiger partial charge in [0.2, 0.25) is 11.8 Å². The van der Waals surface area contributed by atoms with Crippen LogP contribution in [0.2, 0.25) is 0 Å². The molecule has 28 heavy (non-hydrogen) atoms. The minimum absolute atomic E-state index is 0. The summed E-state index contributed by atoms with van der Waals surface area (Å²) in [6, 6.07) is 12.5. The third-order valence-corrected chi connectivity index (χ3v) is 6.31. The number of nitrogens with one attached hydrogen (secondary N) is 3. The lowest BCUT2D eigenvalue weighted by atomic mass is 9.89. The normalized spacial score (nSPS) is 22.9. The van der Waals surface area contributed by atoms with Gasteiger partial charge in [-0.15, -0.1) is 23.7 Å². The van der Waals surface area contributed by atoms with Gasteiger partial charge in [0.05, 0.1) is 17.8 Å². The van der Waals surface area contributed by atoms with E-state index in [4.69, 9.17) is 0 Å². The molecular formula is C21H26ClN3O2S. The summed E-state index contributed by atoms with van der Waals surface area (Å²) in [6.07, 6.45) is 5.54. The average Bonchev–Trinajstić information content (AvgIpc) is 3.26. The zero-order valence-electron chi connectivity index (χ0n) is 15.6. The summed E-state index contributed by atoms with van der Waals surface area (Å²) < 4.78 is 0. The number of fused-ring (bicyclic) bond motifs is 2. The summed E-state index contributed by atoms with van der Waals surface area (Å²) in [5, 5.41) is 11.5. The molecule has 1 aromatic carbocycles. The summed E-state index contributed by atoms with van der Waals surface area (Å²) in [5.41, 5.74) is 1.32. The fourth-order valence-corrected chi connectivity index (χ4v) is 4.98. The minimum atomic E-state index is -0.0749. The van der Waals surface area contributed by atoms with Crippen molar-refractivity contribution in [1.29, 1.82) is 0 Å². The number of hydrogen-bond donors (Lipinski definition) is 3. The Morgan fingerprint density at radius 3 is 2.21 bits per heavy atom. The second-order valence-electron chi connectivity index (χ2n) is 7.58. The standard InChI is InChI=1S/C21H25N3O2S.ClH/c25-20(12-14-10-15-7-8-16(11-14)22-15)23-18-5-1-2-6-19(18)24-21(26)13-17-4-3-9-27-17;/h1-6,9,14-16,22H,7-8,10-13H2,(H,23,25)(H,24,26);1H. The Morgan fingerprint density at radius 1 is 0.964 bits per heavy atom. The number of piperidine rings is 1. The third kappa shape index (κ3) is 5.34. The quantitative estimate of drug-likeness (QED) is 0.656. The summed E-state index contributed by atoms with van der Waals surface area (Å²) in [4.78, 5) is 25.9. The van der Waals surface area contributed by atoms with Gasteiger partial charge in [-0.3, -0.25) is 9.59 Å². The number of amides is 2. The molecule has 2 saturated heterocycles. The molecule has 2 amide bonds. The first kappa shape index (κ1) is 20.8. The van der Waals surface area contributed by atoms with Gasteiger partial charge in [-0.05, 0) is 55.2 Å². The molecule has 0 saturated carbocycles. The second kappa shape index (κ2) is 9.54. The Balaban J connectivity index is 0.00000225. The number of rotatable bonds is 6. The predicted molar refractivity (Wildman–Crippen MR) is 116 cm³/mol. The highest BCUT2D eigenvalue weighted by Gasteiger charge is 2.34. The Bertz CT molecular complexity index is 800. The Kier molecular flexibility index (Phi) is 7.10. The van der Waals surface area contributed by atoms with Crippen LogP contribution in [0.15, 0.2) is 41.8 Å². The molecular weight excluding hydrogens is 394 g/mol. The molecule has 2 atom stereocenters. The molecule has 150 valence electrons. The van der Waals surface area contributed by atoms with E-state index >= 15 is 0 Å². The van der Waals surface area contributed by atoms with E-state index in [-0.39, 0.29) is 24.2 Å². The number of para-hydroxylation sites is 2. The van der Waals surface area contributed by atoms with Crippen LogP contribution in [0.3, 0.4) is 0 Å². The summed E-state index contributed by atoms with van der Waals surface area (Å²) in [5.74, 6) is 0.402. The van der Waals surface area contributed by atoms with Crippen LogP contribution in [-0.4, -0.2) is 23.9 Å². The maximum absolute atomic E-state index is 12.6. The topological polar surface area (TPSA) is 70.2 Å². The van der Waals surface area contributed by atoms with E-state index in [1.54, 1.807) is 11.3 Å². The molecule has 2 aliphatic rings. The largest absolute Gasteiger partial charge is 0.324 e. The molecule has 2 unspecified atom stereocenters. The average molecular weight is 420 g/mol. The Labute approximate surface area is 175 Å². The molecule has 7 heteroatoms. The highest BCUT2D eigenvalue weighted by atomic mass is 35.5. The highest BCUT2D eigenvalue weighted by Crippen LogP contribution is 2.33. The number of halogens is 1. The molecule has 0 aliphatic carbocycles. The monoisotopic (exact) mass is 419 g/mol. The Morgan fingerprint density at radius 2 is 1.61 bits per heavy atom. The van der Waals surface area contributed by atoms with Crippen LogP contribution in [-0.2, 0) is 16.0 Å². The lowest BCUT2D eigenvalue weighted by Gasteiger charge is -2.28. The molecule has 4 rings (SSSR count). The van der Waals surface area contributed by atoms with Crippen LogP contribution in [0.25, 0.3) is 0 Å². The van der Waals surface area contributed by atoms with Gasteiger partial charge in [0.1, 0.15) is 0 Å². The molecule has 3 N–H and O–H groups in total. The van der Waals surface area contributed by atoms with E-state index < -0.39 is 0 Å². The lowest BCUT2D eigenvalue weighted by molar-refractivity contribution is -0.117. The second-order valence-corrected chi connectivity index (χ2v) is 8.61. The minimum Gasteiger partial charge on any atom is -0.324 e. The number of hydrogen-bond acceptors (Lipinski definition) is 4. The molecule has 2 fully saturated rings.